The number of benzene rings is 1. The van der Waals surface area contributed by atoms with E-state index < -0.39 is 0 Å². The monoisotopic (exact) mass is 166 g/mol. The van der Waals surface area contributed by atoms with E-state index in [9.17, 15) is 0 Å². The molecular weight excluding hydrogens is 160 g/mol. The van der Waals surface area contributed by atoms with Crippen molar-refractivity contribution in [2.24, 2.45) is 5.73 Å². The molecule has 0 bridgehead atoms. The van der Waals surface area contributed by atoms with Crippen molar-refractivity contribution in [1.82, 2.24) is 0 Å². The van der Waals surface area contributed by atoms with Crippen molar-refractivity contribution < 1.29 is 0 Å². The molecule has 0 amide bonds. The third-order valence-corrected chi connectivity index (χ3v) is 1.75. The topological polar surface area (TPSA) is 49.8 Å². The fourth-order valence-corrected chi connectivity index (χ4v) is 1.10. The summed E-state index contributed by atoms with van der Waals surface area (Å²) in [6, 6.07) is 7.26. The van der Waals surface area contributed by atoms with E-state index in [2.05, 4.69) is 0 Å². The van der Waals surface area contributed by atoms with Gasteiger partial charge >= 0.3 is 0 Å². The van der Waals surface area contributed by atoms with Crippen LogP contribution in [-0.4, -0.2) is 0 Å². The number of rotatable bonds is 1. The predicted octanol–water partition coefficient (Wildman–Crippen LogP) is 1.67. The van der Waals surface area contributed by atoms with Crippen LogP contribution in [0.25, 0.3) is 0 Å². The Kier molecular flexibility index (Phi) is 2.48. The highest BCUT2D eigenvalue weighted by Gasteiger charge is 2.02. The first-order chi connectivity index (χ1) is 5.29. The summed E-state index contributed by atoms with van der Waals surface area (Å²) < 4.78 is 0. The summed E-state index contributed by atoms with van der Waals surface area (Å²) in [5.74, 6) is 0. The average molecular weight is 167 g/mol. The van der Waals surface area contributed by atoms with E-state index in [1.165, 1.54) is 0 Å². The molecule has 0 unspecified atom stereocenters. The van der Waals surface area contributed by atoms with Crippen molar-refractivity contribution in [3.05, 3.63) is 34.3 Å². The zero-order valence-electron chi connectivity index (χ0n) is 5.84. The van der Waals surface area contributed by atoms with Crippen LogP contribution in [-0.2, 0) is 6.54 Å². The van der Waals surface area contributed by atoms with E-state index in [-0.39, 0.29) is 0 Å². The molecule has 0 saturated carbocycles. The van der Waals surface area contributed by atoms with Gasteiger partial charge in [-0.15, -0.1) is 0 Å². The van der Waals surface area contributed by atoms with E-state index in [0.29, 0.717) is 17.1 Å². The van der Waals surface area contributed by atoms with Gasteiger partial charge in [-0.3, -0.25) is 0 Å². The molecule has 0 radical (unpaired) electrons. The van der Waals surface area contributed by atoms with E-state index >= 15 is 0 Å². The van der Waals surface area contributed by atoms with Crippen LogP contribution in [0.3, 0.4) is 0 Å². The second-order valence-electron chi connectivity index (χ2n) is 2.09. The number of hydrogen-bond acceptors (Lipinski definition) is 2. The van der Waals surface area contributed by atoms with E-state index in [4.69, 9.17) is 22.6 Å². The molecule has 0 saturated heterocycles. The Bertz CT molecular complexity index is 301. The summed E-state index contributed by atoms with van der Waals surface area (Å²) in [6.45, 7) is 0.351. The Morgan fingerprint density at radius 3 is 2.73 bits per heavy atom. The van der Waals surface area contributed by atoms with Gasteiger partial charge < -0.3 is 5.73 Å². The molecule has 0 aromatic heterocycles. The van der Waals surface area contributed by atoms with Gasteiger partial charge in [0.25, 0.3) is 0 Å². The lowest BCUT2D eigenvalue weighted by atomic mass is 10.1. The van der Waals surface area contributed by atoms with Gasteiger partial charge in [-0.2, -0.15) is 5.26 Å². The van der Waals surface area contributed by atoms with Crippen molar-refractivity contribution in [1.29, 1.82) is 5.26 Å². The molecule has 2 N–H and O–H groups in total. The fraction of sp³-hybridized carbons (Fsp3) is 0.125. The van der Waals surface area contributed by atoms with Gasteiger partial charge in [0, 0.05) is 6.54 Å². The molecule has 0 aliphatic heterocycles. The van der Waals surface area contributed by atoms with Crippen molar-refractivity contribution >= 4 is 11.6 Å². The third-order valence-electron chi connectivity index (χ3n) is 1.43. The number of nitrogens with two attached hydrogens (primary N) is 1. The van der Waals surface area contributed by atoms with Crippen LogP contribution < -0.4 is 5.73 Å². The van der Waals surface area contributed by atoms with E-state index in [0.717, 1.165) is 5.56 Å². The Hall–Kier alpha value is -1.04. The molecular formula is C8H7ClN2. The Morgan fingerprint density at radius 2 is 2.27 bits per heavy atom. The van der Waals surface area contributed by atoms with Gasteiger partial charge in [-0.05, 0) is 11.6 Å². The molecule has 2 nitrogen and oxygen atoms in total. The zero-order chi connectivity index (χ0) is 8.27. The van der Waals surface area contributed by atoms with E-state index in [1.807, 2.05) is 6.07 Å². The molecule has 1 aromatic carbocycles. The van der Waals surface area contributed by atoms with Crippen LogP contribution in [0.4, 0.5) is 0 Å². The maximum atomic E-state index is 8.64. The minimum Gasteiger partial charge on any atom is -0.326 e. The lowest BCUT2D eigenvalue weighted by Gasteiger charge is -2.00. The molecule has 3 heteroatoms. The summed E-state index contributed by atoms with van der Waals surface area (Å²) in [5.41, 5.74) is 6.66. The van der Waals surface area contributed by atoms with Gasteiger partial charge in [-0.25, -0.2) is 0 Å². The fourth-order valence-electron chi connectivity index (χ4n) is 0.864. The molecule has 0 heterocycles. The number of nitrogens with zero attached hydrogens (tertiary/aromatic N) is 1. The minimum atomic E-state index is 0.351. The van der Waals surface area contributed by atoms with Crippen LogP contribution >= 0.6 is 11.6 Å². The number of nitriles is 1. The van der Waals surface area contributed by atoms with Crippen molar-refractivity contribution in [3.8, 4) is 6.07 Å². The first-order valence-electron chi connectivity index (χ1n) is 3.17. The molecule has 1 aromatic rings. The van der Waals surface area contributed by atoms with Gasteiger partial charge in [0.1, 0.15) is 6.07 Å². The molecule has 0 aliphatic carbocycles. The van der Waals surface area contributed by atoms with Crippen LogP contribution in [0.2, 0.25) is 5.02 Å². The third kappa shape index (κ3) is 1.51. The normalized spacial score (nSPS) is 9.18. The van der Waals surface area contributed by atoms with Crippen molar-refractivity contribution in [2.75, 3.05) is 0 Å². The summed E-state index contributed by atoms with van der Waals surface area (Å²) in [7, 11) is 0. The van der Waals surface area contributed by atoms with Crippen LogP contribution in [0.15, 0.2) is 18.2 Å². The lowest BCUT2D eigenvalue weighted by molar-refractivity contribution is 1.06. The maximum Gasteiger partial charge on any atom is 0.101 e. The second kappa shape index (κ2) is 3.38. The predicted molar refractivity (Wildman–Crippen MR) is 44.1 cm³/mol. The minimum absolute atomic E-state index is 0.351. The van der Waals surface area contributed by atoms with Crippen molar-refractivity contribution in [3.63, 3.8) is 0 Å². The molecule has 0 aliphatic rings. The molecule has 0 fully saturated rings. The van der Waals surface area contributed by atoms with E-state index in [1.54, 1.807) is 18.2 Å². The highest BCUT2D eigenvalue weighted by Crippen LogP contribution is 2.17. The Balaban J connectivity index is 3.27. The van der Waals surface area contributed by atoms with Crippen molar-refractivity contribution in [2.45, 2.75) is 6.54 Å². The first-order valence-corrected chi connectivity index (χ1v) is 3.55. The van der Waals surface area contributed by atoms with Gasteiger partial charge in [0.15, 0.2) is 0 Å². The standard InChI is InChI=1S/C8H7ClN2/c9-8-3-1-2-6(4-10)7(8)5-11/h1-3H,4,10H2. The quantitative estimate of drug-likeness (QED) is 0.690. The molecule has 0 spiro atoms. The lowest BCUT2D eigenvalue weighted by Crippen LogP contribution is -1.99. The average Bonchev–Trinajstić information content (AvgIpc) is 2.04. The smallest absolute Gasteiger partial charge is 0.101 e. The summed E-state index contributed by atoms with van der Waals surface area (Å²) >= 11 is 5.73. The van der Waals surface area contributed by atoms with Crippen LogP contribution in [0, 0.1) is 11.3 Å². The number of hydrogen-bond donors (Lipinski definition) is 1. The zero-order valence-corrected chi connectivity index (χ0v) is 6.60. The van der Waals surface area contributed by atoms with Crippen LogP contribution in [0.5, 0.6) is 0 Å². The van der Waals surface area contributed by atoms with Crippen LogP contribution in [0.1, 0.15) is 11.1 Å². The van der Waals surface area contributed by atoms with Gasteiger partial charge in [-0.1, -0.05) is 23.7 Å². The Morgan fingerprint density at radius 1 is 1.55 bits per heavy atom. The number of halogens is 1. The summed E-state index contributed by atoms with van der Waals surface area (Å²) in [4.78, 5) is 0. The first kappa shape index (κ1) is 8.06. The molecule has 56 valence electrons. The summed E-state index contributed by atoms with van der Waals surface area (Å²) in [6.07, 6.45) is 0. The second-order valence-corrected chi connectivity index (χ2v) is 2.50. The maximum absolute atomic E-state index is 8.64. The van der Waals surface area contributed by atoms with Gasteiger partial charge in [0.05, 0.1) is 10.6 Å². The largest absolute Gasteiger partial charge is 0.326 e. The highest BCUT2D eigenvalue weighted by atomic mass is 35.5. The molecule has 0 atom stereocenters. The summed E-state index contributed by atoms with van der Waals surface area (Å²) in [5, 5.41) is 9.11. The Labute approximate surface area is 70.2 Å². The highest BCUT2D eigenvalue weighted by molar-refractivity contribution is 6.31. The van der Waals surface area contributed by atoms with Gasteiger partial charge in [0.2, 0.25) is 0 Å². The SMILES string of the molecule is N#Cc1c(Cl)cccc1CN. The molecule has 11 heavy (non-hydrogen) atoms. The molecule has 1 rings (SSSR count).